The van der Waals surface area contributed by atoms with E-state index in [2.05, 4.69) is 15.9 Å². The van der Waals surface area contributed by atoms with E-state index in [9.17, 15) is 0 Å². The molecule has 0 aliphatic rings. The minimum atomic E-state index is -0.0132. The van der Waals surface area contributed by atoms with Gasteiger partial charge in [-0.25, -0.2) is 0 Å². The van der Waals surface area contributed by atoms with Crippen LogP contribution in [0.5, 0.6) is 11.5 Å². The second-order valence-corrected chi connectivity index (χ2v) is 5.77. The Bertz CT molecular complexity index is 599. The molecule has 0 fully saturated rings. The third-order valence-corrected chi connectivity index (χ3v) is 3.75. The van der Waals surface area contributed by atoms with Crippen molar-refractivity contribution in [2.45, 2.75) is 19.9 Å². The molecule has 0 aromatic heterocycles. The van der Waals surface area contributed by atoms with Crippen LogP contribution >= 0.6 is 27.5 Å². The highest BCUT2D eigenvalue weighted by Gasteiger charge is 2.08. The van der Waals surface area contributed by atoms with Crippen LogP contribution in [0.2, 0.25) is 5.02 Å². The van der Waals surface area contributed by atoms with Gasteiger partial charge in [0.25, 0.3) is 0 Å². The Morgan fingerprint density at radius 3 is 2.53 bits per heavy atom. The number of hydrogen-bond acceptors (Lipinski definition) is 2. The third kappa shape index (κ3) is 3.50. The van der Waals surface area contributed by atoms with Gasteiger partial charge in [-0.2, -0.15) is 0 Å². The molecular weight excluding hydrogens is 326 g/mol. The monoisotopic (exact) mass is 339 g/mol. The highest BCUT2D eigenvalue weighted by Crippen LogP contribution is 2.31. The first-order valence-corrected chi connectivity index (χ1v) is 7.13. The maximum absolute atomic E-state index is 5.92. The Morgan fingerprint density at radius 1 is 1.21 bits per heavy atom. The number of halogens is 2. The molecule has 2 rings (SSSR count). The molecule has 0 radical (unpaired) electrons. The zero-order chi connectivity index (χ0) is 14.0. The van der Waals surface area contributed by atoms with Crippen LogP contribution in [0.15, 0.2) is 40.9 Å². The zero-order valence-electron chi connectivity index (χ0n) is 10.8. The van der Waals surface area contributed by atoms with Gasteiger partial charge in [-0.3, -0.25) is 0 Å². The molecule has 0 spiro atoms. The maximum Gasteiger partial charge on any atom is 0.130 e. The van der Waals surface area contributed by atoms with Crippen LogP contribution in [0.3, 0.4) is 0 Å². The standard InChI is InChI=1S/C15H15BrClNO/c1-9-7-11(17)3-6-15(9)19-12-4-5-13(10(2)18)14(16)8-12/h3-8,10H,18H2,1-2H3. The summed E-state index contributed by atoms with van der Waals surface area (Å²) in [5, 5.41) is 0.707. The molecule has 0 amide bonds. The van der Waals surface area contributed by atoms with E-state index in [-0.39, 0.29) is 6.04 Å². The summed E-state index contributed by atoms with van der Waals surface area (Å²) in [7, 11) is 0. The molecule has 19 heavy (non-hydrogen) atoms. The van der Waals surface area contributed by atoms with E-state index in [1.165, 1.54) is 0 Å². The fourth-order valence-corrected chi connectivity index (χ4v) is 2.74. The van der Waals surface area contributed by atoms with Gasteiger partial charge in [-0.05, 0) is 55.3 Å². The largest absolute Gasteiger partial charge is 0.457 e. The van der Waals surface area contributed by atoms with Crippen LogP contribution in [0.4, 0.5) is 0 Å². The summed E-state index contributed by atoms with van der Waals surface area (Å²) in [5.74, 6) is 1.56. The van der Waals surface area contributed by atoms with E-state index < -0.39 is 0 Å². The molecule has 0 bridgehead atoms. The summed E-state index contributed by atoms with van der Waals surface area (Å²) in [6.07, 6.45) is 0. The van der Waals surface area contributed by atoms with Crippen molar-refractivity contribution >= 4 is 27.5 Å². The highest BCUT2D eigenvalue weighted by molar-refractivity contribution is 9.10. The average Bonchev–Trinajstić information content (AvgIpc) is 2.32. The van der Waals surface area contributed by atoms with Crippen molar-refractivity contribution in [3.8, 4) is 11.5 Å². The zero-order valence-corrected chi connectivity index (χ0v) is 13.1. The topological polar surface area (TPSA) is 35.2 Å². The molecule has 0 aliphatic heterocycles. The number of rotatable bonds is 3. The Kier molecular flexibility index (Phi) is 4.50. The summed E-state index contributed by atoms with van der Waals surface area (Å²) in [5.41, 5.74) is 7.93. The molecule has 100 valence electrons. The first-order chi connectivity index (χ1) is 8.97. The van der Waals surface area contributed by atoms with Crippen LogP contribution in [-0.4, -0.2) is 0 Å². The molecule has 0 saturated carbocycles. The fraction of sp³-hybridized carbons (Fsp3) is 0.200. The predicted molar refractivity (Wildman–Crippen MR) is 83.0 cm³/mol. The van der Waals surface area contributed by atoms with Gasteiger partial charge in [0.05, 0.1) is 0 Å². The first kappa shape index (κ1) is 14.4. The molecule has 0 heterocycles. The van der Waals surface area contributed by atoms with E-state index in [1.807, 2.05) is 50.2 Å². The van der Waals surface area contributed by atoms with Gasteiger partial charge in [0.2, 0.25) is 0 Å². The van der Waals surface area contributed by atoms with E-state index >= 15 is 0 Å². The SMILES string of the molecule is Cc1cc(Cl)ccc1Oc1ccc(C(C)N)c(Br)c1. The van der Waals surface area contributed by atoms with E-state index in [0.717, 1.165) is 27.1 Å². The van der Waals surface area contributed by atoms with E-state index in [0.29, 0.717) is 5.02 Å². The minimum absolute atomic E-state index is 0.0132. The van der Waals surface area contributed by atoms with Crippen LogP contribution in [-0.2, 0) is 0 Å². The van der Waals surface area contributed by atoms with Gasteiger partial charge in [-0.15, -0.1) is 0 Å². The normalized spacial score (nSPS) is 12.3. The summed E-state index contributed by atoms with van der Waals surface area (Å²) in [6.45, 7) is 3.91. The van der Waals surface area contributed by atoms with Crippen molar-refractivity contribution in [1.29, 1.82) is 0 Å². The van der Waals surface area contributed by atoms with E-state index in [1.54, 1.807) is 0 Å². The van der Waals surface area contributed by atoms with Crippen LogP contribution in [0, 0.1) is 6.92 Å². The molecule has 0 aliphatic carbocycles. The molecule has 1 atom stereocenters. The van der Waals surface area contributed by atoms with Gasteiger partial charge < -0.3 is 10.5 Å². The lowest BCUT2D eigenvalue weighted by Gasteiger charge is -2.12. The van der Waals surface area contributed by atoms with E-state index in [4.69, 9.17) is 22.1 Å². The summed E-state index contributed by atoms with van der Waals surface area (Å²) >= 11 is 9.43. The minimum Gasteiger partial charge on any atom is -0.457 e. The molecular formula is C15H15BrClNO. The average molecular weight is 341 g/mol. The van der Waals surface area contributed by atoms with Gasteiger partial charge in [0.1, 0.15) is 11.5 Å². The molecule has 2 aromatic carbocycles. The molecule has 2 N–H and O–H groups in total. The fourth-order valence-electron chi connectivity index (χ4n) is 1.79. The summed E-state index contributed by atoms with van der Waals surface area (Å²) < 4.78 is 6.80. The number of nitrogens with two attached hydrogens (primary N) is 1. The molecule has 1 unspecified atom stereocenters. The number of hydrogen-bond donors (Lipinski definition) is 1. The second-order valence-electron chi connectivity index (χ2n) is 4.48. The predicted octanol–water partition coefficient (Wildman–Crippen LogP) is 5.22. The lowest BCUT2D eigenvalue weighted by Crippen LogP contribution is -2.05. The van der Waals surface area contributed by atoms with Crippen LogP contribution in [0.1, 0.15) is 24.1 Å². The number of ether oxygens (including phenoxy) is 1. The first-order valence-electron chi connectivity index (χ1n) is 5.96. The van der Waals surface area contributed by atoms with Crippen LogP contribution < -0.4 is 10.5 Å². The molecule has 4 heteroatoms. The van der Waals surface area contributed by atoms with Gasteiger partial charge in [0, 0.05) is 15.5 Å². The van der Waals surface area contributed by atoms with Gasteiger partial charge >= 0.3 is 0 Å². The smallest absolute Gasteiger partial charge is 0.130 e. The summed E-state index contributed by atoms with van der Waals surface area (Å²) in [4.78, 5) is 0. The lowest BCUT2D eigenvalue weighted by atomic mass is 10.1. The Balaban J connectivity index is 2.26. The van der Waals surface area contributed by atoms with Crippen molar-refractivity contribution in [2.75, 3.05) is 0 Å². The van der Waals surface area contributed by atoms with Crippen molar-refractivity contribution in [3.63, 3.8) is 0 Å². The number of aryl methyl sites for hydroxylation is 1. The highest BCUT2D eigenvalue weighted by atomic mass is 79.9. The lowest BCUT2D eigenvalue weighted by molar-refractivity contribution is 0.478. The van der Waals surface area contributed by atoms with Crippen molar-refractivity contribution in [1.82, 2.24) is 0 Å². The van der Waals surface area contributed by atoms with Crippen molar-refractivity contribution < 1.29 is 4.74 Å². The van der Waals surface area contributed by atoms with Crippen LogP contribution in [0.25, 0.3) is 0 Å². The maximum atomic E-state index is 5.92. The number of benzene rings is 2. The molecule has 2 nitrogen and oxygen atoms in total. The third-order valence-electron chi connectivity index (χ3n) is 2.83. The van der Waals surface area contributed by atoms with Crippen molar-refractivity contribution in [3.05, 3.63) is 57.0 Å². The Hall–Kier alpha value is -1.03. The summed E-state index contributed by atoms with van der Waals surface area (Å²) in [6, 6.07) is 11.3. The molecule has 0 saturated heterocycles. The van der Waals surface area contributed by atoms with Gasteiger partial charge in [0.15, 0.2) is 0 Å². The Labute approximate surface area is 126 Å². The molecule has 2 aromatic rings. The quantitative estimate of drug-likeness (QED) is 0.831. The second kappa shape index (κ2) is 5.95. The van der Waals surface area contributed by atoms with Gasteiger partial charge in [-0.1, -0.05) is 33.6 Å². The Morgan fingerprint density at radius 2 is 1.95 bits per heavy atom. The van der Waals surface area contributed by atoms with Crippen molar-refractivity contribution in [2.24, 2.45) is 5.73 Å².